The number of hydrogen-bond acceptors (Lipinski definition) is 7. The standard InChI is InChI=1S/C11H15NO5S/c1-15-10(13)7-3-4-17-9(7)6-18-5-8(12)11(14)16-2/h3-4,8H,5-6,12H2,1-2H3. The van der Waals surface area contributed by atoms with Gasteiger partial charge in [-0.3, -0.25) is 4.79 Å². The van der Waals surface area contributed by atoms with Crippen LogP contribution < -0.4 is 5.73 Å². The van der Waals surface area contributed by atoms with E-state index in [2.05, 4.69) is 9.47 Å². The molecule has 0 spiro atoms. The van der Waals surface area contributed by atoms with Gasteiger partial charge in [0, 0.05) is 5.75 Å². The highest BCUT2D eigenvalue weighted by molar-refractivity contribution is 7.98. The number of furan rings is 1. The lowest BCUT2D eigenvalue weighted by Crippen LogP contribution is -2.33. The van der Waals surface area contributed by atoms with Crippen LogP contribution in [0.5, 0.6) is 0 Å². The van der Waals surface area contributed by atoms with E-state index in [-0.39, 0.29) is 0 Å². The largest absolute Gasteiger partial charge is 0.468 e. The molecule has 100 valence electrons. The van der Waals surface area contributed by atoms with Crippen LogP contribution in [0.3, 0.4) is 0 Å². The number of rotatable bonds is 6. The van der Waals surface area contributed by atoms with Gasteiger partial charge >= 0.3 is 11.9 Å². The normalized spacial score (nSPS) is 11.9. The summed E-state index contributed by atoms with van der Waals surface area (Å²) < 4.78 is 14.3. The van der Waals surface area contributed by atoms with Crippen LogP contribution >= 0.6 is 11.8 Å². The fourth-order valence-corrected chi connectivity index (χ4v) is 2.16. The van der Waals surface area contributed by atoms with Crippen molar-refractivity contribution < 1.29 is 23.5 Å². The third kappa shape index (κ3) is 3.78. The molecule has 0 saturated heterocycles. The Kier molecular flexibility index (Phi) is 5.73. The molecule has 0 aliphatic carbocycles. The van der Waals surface area contributed by atoms with E-state index in [1.807, 2.05) is 0 Å². The predicted molar refractivity (Wildman–Crippen MR) is 66.2 cm³/mol. The summed E-state index contributed by atoms with van der Waals surface area (Å²) in [5.74, 6) is 0.409. The summed E-state index contributed by atoms with van der Waals surface area (Å²) in [7, 11) is 2.59. The number of carbonyl (C=O) groups is 2. The first kappa shape index (κ1) is 14.6. The van der Waals surface area contributed by atoms with Crippen molar-refractivity contribution in [2.75, 3.05) is 20.0 Å². The predicted octanol–water partition coefficient (Wildman–Crippen LogP) is 0.800. The fraction of sp³-hybridized carbons (Fsp3) is 0.455. The second-order valence-corrected chi connectivity index (χ2v) is 4.42. The second-order valence-electron chi connectivity index (χ2n) is 3.39. The Morgan fingerprint density at radius 2 is 2.17 bits per heavy atom. The highest BCUT2D eigenvalue weighted by atomic mass is 32.2. The summed E-state index contributed by atoms with van der Waals surface area (Å²) in [6.07, 6.45) is 1.42. The molecule has 1 aromatic heterocycles. The molecule has 1 rings (SSSR count). The van der Waals surface area contributed by atoms with Gasteiger partial charge in [0.25, 0.3) is 0 Å². The molecule has 0 radical (unpaired) electrons. The van der Waals surface area contributed by atoms with Gasteiger partial charge in [0.05, 0.1) is 26.2 Å². The van der Waals surface area contributed by atoms with Crippen LogP contribution in [-0.2, 0) is 20.0 Å². The fourth-order valence-electron chi connectivity index (χ4n) is 1.24. The van der Waals surface area contributed by atoms with Gasteiger partial charge in [0.1, 0.15) is 17.4 Å². The quantitative estimate of drug-likeness (QED) is 0.766. The molecule has 1 aromatic rings. The van der Waals surface area contributed by atoms with Crippen molar-refractivity contribution >= 4 is 23.7 Å². The third-order valence-electron chi connectivity index (χ3n) is 2.19. The van der Waals surface area contributed by atoms with Crippen molar-refractivity contribution in [1.29, 1.82) is 0 Å². The molecule has 7 heteroatoms. The lowest BCUT2D eigenvalue weighted by Gasteiger charge is -2.08. The van der Waals surface area contributed by atoms with Crippen LogP contribution in [0.25, 0.3) is 0 Å². The van der Waals surface area contributed by atoms with E-state index in [0.29, 0.717) is 22.8 Å². The number of thioether (sulfide) groups is 1. The molecule has 0 aliphatic rings. The molecule has 0 amide bonds. The summed E-state index contributed by atoms with van der Waals surface area (Å²) >= 11 is 1.38. The zero-order valence-corrected chi connectivity index (χ0v) is 11.0. The van der Waals surface area contributed by atoms with Gasteiger partial charge in [0.2, 0.25) is 0 Å². The minimum absolute atomic E-state index is 0.383. The highest BCUT2D eigenvalue weighted by Gasteiger charge is 2.17. The zero-order valence-electron chi connectivity index (χ0n) is 10.2. The Morgan fingerprint density at radius 3 is 2.78 bits per heavy atom. The van der Waals surface area contributed by atoms with Crippen molar-refractivity contribution in [3.05, 3.63) is 23.7 Å². The van der Waals surface area contributed by atoms with Crippen LogP contribution in [0.2, 0.25) is 0 Å². The average Bonchev–Trinajstić information content (AvgIpc) is 2.85. The molecule has 0 fully saturated rings. The van der Waals surface area contributed by atoms with Crippen molar-refractivity contribution in [3.8, 4) is 0 Å². The van der Waals surface area contributed by atoms with Gasteiger partial charge in [-0.1, -0.05) is 0 Å². The van der Waals surface area contributed by atoms with E-state index in [1.165, 1.54) is 32.2 Å². The van der Waals surface area contributed by atoms with Crippen molar-refractivity contribution in [2.24, 2.45) is 5.73 Å². The minimum atomic E-state index is -0.684. The molecule has 0 aliphatic heterocycles. The van der Waals surface area contributed by atoms with E-state index in [9.17, 15) is 9.59 Å². The van der Waals surface area contributed by atoms with Gasteiger partial charge in [-0.05, 0) is 6.07 Å². The Bertz CT molecular complexity index is 417. The van der Waals surface area contributed by atoms with Crippen molar-refractivity contribution in [3.63, 3.8) is 0 Å². The summed E-state index contributed by atoms with van der Waals surface area (Å²) in [5, 5.41) is 0. The molecule has 0 bridgehead atoms. The average molecular weight is 273 g/mol. The summed E-state index contributed by atoms with van der Waals surface area (Å²) in [6, 6.07) is 0.860. The second kappa shape index (κ2) is 7.07. The Hall–Kier alpha value is -1.47. The molecule has 1 atom stereocenters. The Labute approximate surface area is 109 Å². The Morgan fingerprint density at radius 1 is 1.44 bits per heavy atom. The third-order valence-corrected chi connectivity index (χ3v) is 3.25. The van der Waals surface area contributed by atoms with E-state index in [4.69, 9.17) is 10.2 Å². The summed E-state index contributed by atoms with van der Waals surface area (Å²) in [4.78, 5) is 22.4. The first-order chi connectivity index (χ1) is 8.60. The number of carbonyl (C=O) groups excluding carboxylic acids is 2. The van der Waals surface area contributed by atoms with E-state index in [0.717, 1.165) is 0 Å². The van der Waals surface area contributed by atoms with Crippen LogP contribution in [0.1, 0.15) is 16.1 Å². The van der Waals surface area contributed by atoms with E-state index < -0.39 is 18.0 Å². The number of methoxy groups -OCH3 is 2. The lowest BCUT2D eigenvalue weighted by molar-refractivity contribution is -0.141. The maximum atomic E-state index is 11.4. The van der Waals surface area contributed by atoms with Gasteiger partial charge in [-0.25, -0.2) is 4.79 Å². The molecule has 2 N–H and O–H groups in total. The molecule has 6 nitrogen and oxygen atoms in total. The molecule has 1 heterocycles. The van der Waals surface area contributed by atoms with Crippen LogP contribution in [0, 0.1) is 0 Å². The van der Waals surface area contributed by atoms with Gasteiger partial charge < -0.3 is 19.6 Å². The molecule has 1 unspecified atom stereocenters. The number of nitrogens with two attached hydrogens (primary N) is 1. The highest BCUT2D eigenvalue weighted by Crippen LogP contribution is 2.19. The van der Waals surface area contributed by atoms with Gasteiger partial charge in [0.15, 0.2) is 0 Å². The van der Waals surface area contributed by atoms with Crippen molar-refractivity contribution in [1.82, 2.24) is 0 Å². The molecule has 0 aromatic carbocycles. The number of esters is 2. The SMILES string of the molecule is COC(=O)c1ccoc1CSCC(N)C(=O)OC. The molecular weight excluding hydrogens is 258 g/mol. The van der Waals surface area contributed by atoms with Crippen LogP contribution in [0.4, 0.5) is 0 Å². The molecule has 0 saturated carbocycles. The summed E-state index contributed by atoms with van der Waals surface area (Å²) in [5.41, 5.74) is 5.96. The van der Waals surface area contributed by atoms with Crippen molar-refractivity contribution in [2.45, 2.75) is 11.8 Å². The zero-order chi connectivity index (χ0) is 13.5. The topological polar surface area (TPSA) is 91.8 Å². The monoisotopic (exact) mass is 273 g/mol. The molecular formula is C11H15NO5S. The smallest absolute Gasteiger partial charge is 0.341 e. The molecule has 18 heavy (non-hydrogen) atoms. The van der Waals surface area contributed by atoms with Crippen LogP contribution in [-0.4, -0.2) is 38.0 Å². The first-order valence-corrected chi connectivity index (χ1v) is 6.31. The van der Waals surface area contributed by atoms with Gasteiger partial charge in [-0.15, -0.1) is 0 Å². The maximum Gasteiger partial charge on any atom is 0.341 e. The number of hydrogen-bond donors (Lipinski definition) is 1. The van der Waals surface area contributed by atoms with E-state index >= 15 is 0 Å². The lowest BCUT2D eigenvalue weighted by atomic mass is 10.3. The first-order valence-electron chi connectivity index (χ1n) is 5.16. The summed E-state index contributed by atoms with van der Waals surface area (Å²) in [6.45, 7) is 0. The maximum absolute atomic E-state index is 11.4. The minimum Gasteiger partial charge on any atom is -0.468 e. The Balaban J connectivity index is 2.47. The van der Waals surface area contributed by atoms with Crippen LogP contribution in [0.15, 0.2) is 16.7 Å². The van der Waals surface area contributed by atoms with Gasteiger partial charge in [-0.2, -0.15) is 11.8 Å². The number of ether oxygens (including phenoxy) is 2. The van der Waals surface area contributed by atoms with E-state index in [1.54, 1.807) is 6.07 Å².